The maximum absolute atomic E-state index is 5.40. The Morgan fingerprint density at radius 1 is 0.833 bits per heavy atom. The summed E-state index contributed by atoms with van der Waals surface area (Å²) in [7, 11) is -2.25. The molecule has 0 aromatic carbocycles. The first-order valence-electron chi connectivity index (χ1n) is 4.10. The first-order valence-corrected chi connectivity index (χ1v) is 6.32. The van der Waals surface area contributed by atoms with Gasteiger partial charge in [-0.05, 0) is 20.8 Å². The van der Waals surface area contributed by atoms with Crippen LogP contribution in [0.2, 0.25) is 6.55 Å². The van der Waals surface area contributed by atoms with Crippen molar-refractivity contribution >= 4 is 38.4 Å². The van der Waals surface area contributed by atoms with Gasteiger partial charge in [0.2, 0.25) is 0 Å². The third kappa shape index (κ3) is 6.60. The molecular weight excluding hydrogens is 183 g/mol. The predicted molar refractivity (Wildman–Crippen MR) is 53.6 cm³/mol. The minimum atomic E-state index is -2.25. The van der Waals surface area contributed by atoms with E-state index in [0.717, 1.165) is 0 Å². The number of rotatable bonds is 6. The van der Waals surface area contributed by atoms with Crippen LogP contribution in [0.15, 0.2) is 0 Å². The van der Waals surface area contributed by atoms with Crippen LogP contribution in [0.4, 0.5) is 0 Å². The third-order valence-electron chi connectivity index (χ3n) is 1.22. The van der Waals surface area contributed by atoms with E-state index in [9.17, 15) is 0 Å². The zero-order chi connectivity index (χ0) is 8.74. The quantitative estimate of drug-likeness (QED) is 0.602. The minimum absolute atomic E-state index is 0. The Morgan fingerprint density at radius 2 is 1.08 bits per heavy atom. The van der Waals surface area contributed by atoms with E-state index in [4.69, 9.17) is 13.3 Å². The molecule has 0 radical (unpaired) electrons. The summed E-state index contributed by atoms with van der Waals surface area (Å²) in [4.78, 5) is 0. The SMILES string of the molecule is CCO[Si](C)(OCC)OCC.[NaH]. The van der Waals surface area contributed by atoms with Gasteiger partial charge in [-0.15, -0.1) is 0 Å². The molecule has 0 amide bonds. The molecule has 0 aliphatic rings. The molecular formula is C7H19NaO3Si. The van der Waals surface area contributed by atoms with Gasteiger partial charge < -0.3 is 13.3 Å². The summed E-state index contributed by atoms with van der Waals surface area (Å²) in [5, 5.41) is 0. The molecule has 0 aliphatic heterocycles. The Labute approximate surface area is 98.4 Å². The van der Waals surface area contributed by atoms with E-state index in [-0.39, 0.29) is 29.6 Å². The van der Waals surface area contributed by atoms with Crippen LogP contribution < -0.4 is 0 Å². The van der Waals surface area contributed by atoms with Crippen molar-refractivity contribution in [3.8, 4) is 0 Å². The number of hydrogen-bond donors (Lipinski definition) is 0. The van der Waals surface area contributed by atoms with Gasteiger partial charge in [-0.3, -0.25) is 0 Å². The van der Waals surface area contributed by atoms with Gasteiger partial charge in [0, 0.05) is 26.4 Å². The monoisotopic (exact) mass is 202 g/mol. The van der Waals surface area contributed by atoms with Crippen LogP contribution in [0.3, 0.4) is 0 Å². The average Bonchev–Trinajstić information content (AvgIpc) is 1.88. The molecule has 70 valence electrons. The number of hydrogen-bond acceptors (Lipinski definition) is 3. The predicted octanol–water partition coefficient (Wildman–Crippen LogP) is 1.02. The molecule has 0 unspecified atom stereocenters. The van der Waals surface area contributed by atoms with Crippen molar-refractivity contribution in [3.63, 3.8) is 0 Å². The van der Waals surface area contributed by atoms with Gasteiger partial charge >= 0.3 is 38.4 Å². The molecule has 12 heavy (non-hydrogen) atoms. The van der Waals surface area contributed by atoms with Crippen molar-refractivity contribution in [1.29, 1.82) is 0 Å². The van der Waals surface area contributed by atoms with Crippen molar-refractivity contribution in [2.24, 2.45) is 0 Å². The van der Waals surface area contributed by atoms with Gasteiger partial charge in [0.05, 0.1) is 0 Å². The summed E-state index contributed by atoms with van der Waals surface area (Å²) >= 11 is 0. The van der Waals surface area contributed by atoms with E-state index in [0.29, 0.717) is 19.8 Å². The zero-order valence-corrected chi connectivity index (χ0v) is 8.85. The molecule has 0 rings (SSSR count). The summed E-state index contributed by atoms with van der Waals surface area (Å²) < 4.78 is 16.2. The molecule has 0 aliphatic carbocycles. The van der Waals surface area contributed by atoms with Crippen molar-refractivity contribution in [2.45, 2.75) is 27.3 Å². The maximum atomic E-state index is 5.40. The molecule has 0 fully saturated rings. The summed E-state index contributed by atoms with van der Waals surface area (Å²) in [5.41, 5.74) is 0. The summed E-state index contributed by atoms with van der Waals surface area (Å²) in [6.07, 6.45) is 0. The fourth-order valence-corrected chi connectivity index (χ4v) is 2.73. The van der Waals surface area contributed by atoms with Gasteiger partial charge in [0.25, 0.3) is 0 Å². The second-order valence-corrected chi connectivity index (χ2v) is 4.75. The molecule has 5 heteroatoms. The molecule has 0 heterocycles. The summed E-state index contributed by atoms with van der Waals surface area (Å²) in [6, 6.07) is 0. The van der Waals surface area contributed by atoms with Crippen molar-refractivity contribution in [1.82, 2.24) is 0 Å². The fourth-order valence-electron chi connectivity index (χ4n) is 0.912. The molecule has 0 N–H and O–H groups in total. The van der Waals surface area contributed by atoms with Crippen LogP contribution >= 0.6 is 0 Å². The second kappa shape index (κ2) is 8.68. The van der Waals surface area contributed by atoms with Crippen LogP contribution in [0.1, 0.15) is 20.8 Å². The molecule has 0 aromatic heterocycles. The Balaban J connectivity index is 0. The first kappa shape index (κ1) is 15.6. The summed E-state index contributed by atoms with van der Waals surface area (Å²) in [6.45, 7) is 9.73. The van der Waals surface area contributed by atoms with Crippen LogP contribution in [0, 0.1) is 0 Å². The Bertz CT molecular complexity index is 85.6. The fraction of sp³-hybridized carbons (Fsp3) is 1.00. The van der Waals surface area contributed by atoms with Crippen LogP contribution in [-0.4, -0.2) is 58.2 Å². The van der Waals surface area contributed by atoms with E-state index in [1.54, 1.807) is 0 Å². The standard InChI is InChI=1S/C7H18O3Si.Na.H/c1-5-8-11(4,9-6-2)10-7-3;;/h5-7H2,1-4H3;;. The van der Waals surface area contributed by atoms with Crippen molar-refractivity contribution < 1.29 is 13.3 Å². The summed E-state index contributed by atoms with van der Waals surface area (Å²) in [5.74, 6) is 0. The second-order valence-electron chi connectivity index (χ2n) is 2.16. The van der Waals surface area contributed by atoms with Gasteiger partial charge in [0.1, 0.15) is 0 Å². The zero-order valence-electron chi connectivity index (χ0n) is 7.85. The van der Waals surface area contributed by atoms with Crippen LogP contribution in [0.5, 0.6) is 0 Å². The Hall–Kier alpha value is 1.10. The van der Waals surface area contributed by atoms with Gasteiger partial charge in [-0.1, -0.05) is 0 Å². The molecule has 0 bridgehead atoms. The molecule has 0 spiro atoms. The van der Waals surface area contributed by atoms with E-state index in [2.05, 4.69) is 0 Å². The van der Waals surface area contributed by atoms with Gasteiger partial charge in [0.15, 0.2) is 0 Å². The first-order chi connectivity index (χ1) is 5.18. The molecule has 0 atom stereocenters. The Kier molecular flexibility index (Phi) is 11.3. The molecule has 0 saturated carbocycles. The normalized spacial score (nSPS) is 11.0. The van der Waals surface area contributed by atoms with E-state index < -0.39 is 8.80 Å². The molecule has 3 nitrogen and oxygen atoms in total. The van der Waals surface area contributed by atoms with Gasteiger partial charge in [-0.25, -0.2) is 0 Å². The van der Waals surface area contributed by atoms with Crippen LogP contribution in [-0.2, 0) is 13.3 Å². The van der Waals surface area contributed by atoms with E-state index >= 15 is 0 Å². The van der Waals surface area contributed by atoms with E-state index in [1.165, 1.54) is 0 Å². The van der Waals surface area contributed by atoms with E-state index in [1.807, 2.05) is 27.3 Å². The topological polar surface area (TPSA) is 27.7 Å². The average molecular weight is 202 g/mol. The van der Waals surface area contributed by atoms with Crippen molar-refractivity contribution in [3.05, 3.63) is 0 Å². The molecule has 0 aromatic rings. The third-order valence-corrected chi connectivity index (χ3v) is 3.66. The van der Waals surface area contributed by atoms with Gasteiger partial charge in [-0.2, -0.15) is 0 Å². The van der Waals surface area contributed by atoms with Crippen LogP contribution in [0.25, 0.3) is 0 Å². The van der Waals surface area contributed by atoms with Crippen molar-refractivity contribution in [2.75, 3.05) is 19.8 Å². The molecule has 0 saturated heterocycles. The Morgan fingerprint density at radius 3 is 1.25 bits per heavy atom.